The zero-order valence-corrected chi connectivity index (χ0v) is 14.2. The van der Waals surface area contributed by atoms with E-state index < -0.39 is 0 Å². The van der Waals surface area contributed by atoms with Crippen molar-refractivity contribution < 1.29 is 4.74 Å². The van der Waals surface area contributed by atoms with Gasteiger partial charge in [0.05, 0.1) is 0 Å². The first-order chi connectivity index (χ1) is 10.2. The van der Waals surface area contributed by atoms with Crippen LogP contribution in [0.25, 0.3) is 0 Å². The molecule has 0 spiro atoms. The Morgan fingerprint density at radius 3 is 2.90 bits per heavy atom. The maximum atomic E-state index is 5.59. The molecular formula is C17H23BrN2O. The van der Waals surface area contributed by atoms with Gasteiger partial charge < -0.3 is 15.0 Å². The number of hydrogen-bond acceptors (Lipinski definition) is 3. The van der Waals surface area contributed by atoms with Crippen LogP contribution in [0.3, 0.4) is 0 Å². The van der Waals surface area contributed by atoms with Gasteiger partial charge in [0, 0.05) is 16.6 Å². The summed E-state index contributed by atoms with van der Waals surface area (Å²) in [4.78, 5) is 2.40. The average Bonchev–Trinajstić information content (AvgIpc) is 2.48. The highest BCUT2D eigenvalue weighted by Crippen LogP contribution is 2.23. The number of nitrogens with zero attached hydrogens (tertiary/aromatic N) is 1. The molecule has 0 bridgehead atoms. The van der Waals surface area contributed by atoms with E-state index in [1.54, 1.807) is 0 Å². The van der Waals surface area contributed by atoms with Crippen molar-refractivity contribution in [2.45, 2.75) is 19.4 Å². The molecule has 4 heteroatoms. The minimum Gasteiger partial charge on any atom is -0.481 e. The van der Waals surface area contributed by atoms with Crippen molar-refractivity contribution in [3.05, 3.63) is 28.2 Å². The number of hydrogen-bond donors (Lipinski definition) is 1. The van der Waals surface area contributed by atoms with Gasteiger partial charge in [0.25, 0.3) is 0 Å². The Balaban J connectivity index is 1.84. The molecule has 0 aromatic heterocycles. The second kappa shape index (κ2) is 8.43. The Morgan fingerprint density at radius 2 is 2.19 bits per heavy atom. The Hall–Kier alpha value is -1.02. The molecule has 0 radical (unpaired) electrons. The standard InChI is InChI=1S/C17H23BrN2O/c1-3-10-21-17-5-4-16(18)11-15(17)13-19-12-14-6-8-20(2)9-7-14/h1,4-5,11,14,19H,6-10,12-13H2,2H3. The molecule has 1 heterocycles. The number of nitrogens with one attached hydrogen (secondary N) is 1. The maximum Gasteiger partial charge on any atom is 0.148 e. The monoisotopic (exact) mass is 350 g/mol. The summed E-state index contributed by atoms with van der Waals surface area (Å²) in [6.45, 7) is 4.60. The molecule has 1 aliphatic rings. The third-order valence-corrected chi connectivity index (χ3v) is 4.41. The normalized spacial score (nSPS) is 16.6. The van der Waals surface area contributed by atoms with Crippen LogP contribution in [0.2, 0.25) is 0 Å². The van der Waals surface area contributed by atoms with E-state index in [-0.39, 0.29) is 0 Å². The molecule has 0 unspecified atom stereocenters. The highest BCUT2D eigenvalue weighted by Gasteiger charge is 2.16. The number of piperidine rings is 1. The summed E-state index contributed by atoms with van der Waals surface area (Å²) in [5.41, 5.74) is 1.15. The zero-order chi connectivity index (χ0) is 15.1. The smallest absolute Gasteiger partial charge is 0.148 e. The van der Waals surface area contributed by atoms with Gasteiger partial charge in [-0.25, -0.2) is 0 Å². The summed E-state index contributed by atoms with van der Waals surface area (Å²) >= 11 is 3.51. The molecule has 0 atom stereocenters. The van der Waals surface area contributed by atoms with Gasteiger partial charge in [-0.2, -0.15) is 0 Å². The second-order valence-electron chi connectivity index (χ2n) is 5.62. The van der Waals surface area contributed by atoms with Crippen LogP contribution >= 0.6 is 15.9 Å². The molecule has 1 aromatic rings. The molecule has 1 aromatic carbocycles. The number of terminal acetylenes is 1. The van der Waals surface area contributed by atoms with Crippen molar-refractivity contribution in [3.63, 3.8) is 0 Å². The summed E-state index contributed by atoms with van der Waals surface area (Å²) in [6, 6.07) is 6.04. The van der Waals surface area contributed by atoms with Gasteiger partial charge in [0.2, 0.25) is 0 Å². The van der Waals surface area contributed by atoms with E-state index >= 15 is 0 Å². The molecule has 114 valence electrons. The summed E-state index contributed by atoms with van der Waals surface area (Å²) in [6.07, 6.45) is 7.82. The van der Waals surface area contributed by atoms with Gasteiger partial charge in [-0.15, -0.1) is 6.42 Å². The van der Waals surface area contributed by atoms with E-state index in [4.69, 9.17) is 11.2 Å². The average molecular weight is 351 g/mol. The molecule has 1 N–H and O–H groups in total. The number of benzene rings is 1. The first kappa shape index (κ1) is 16.4. The van der Waals surface area contributed by atoms with Crippen LogP contribution in [-0.4, -0.2) is 38.2 Å². The van der Waals surface area contributed by atoms with E-state index in [2.05, 4.69) is 45.2 Å². The lowest BCUT2D eigenvalue weighted by Gasteiger charge is -2.29. The highest BCUT2D eigenvalue weighted by atomic mass is 79.9. The topological polar surface area (TPSA) is 24.5 Å². The van der Waals surface area contributed by atoms with Crippen LogP contribution in [-0.2, 0) is 6.54 Å². The van der Waals surface area contributed by atoms with Crippen molar-refractivity contribution in [1.29, 1.82) is 0 Å². The van der Waals surface area contributed by atoms with Gasteiger partial charge in [-0.05, 0) is 63.6 Å². The van der Waals surface area contributed by atoms with E-state index in [0.717, 1.165) is 34.8 Å². The maximum absolute atomic E-state index is 5.59. The van der Waals surface area contributed by atoms with E-state index in [1.807, 2.05) is 12.1 Å². The van der Waals surface area contributed by atoms with Crippen LogP contribution in [0, 0.1) is 18.3 Å². The number of ether oxygens (including phenoxy) is 1. The summed E-state index contributed by atoms with van der Waals surface area (Å²) < 4.78 is 6.66. The number of halogens is 1. The summed E-state index contributed by atoms with van der Waals surface area (Å²) in [5, 5.41) is 3.56. The Labute approximate surface area is 136 Å². The summed E-state index contributed by atoms with van der Waals surface area (Å²) in [5.74, 6) is 4.16. The first-order valence-electron chi connectivity index (χ1n) is 7.43. The van der Waals surface area contributed by atoms with Gasteiger partial charge in [-0.1, -0.05) is 21.9 Å². The highest BCUT2D eigenvalue weighted by molar-refractivity contribution is 9.10. The largest absolute Gasteiger partial charge is 0.481 e. The fourth-order valence-electron chi connectivity index (χ4n) is 2.62. The van der Waals surface area contributed by atoms with Crippen LogP contribution < -0.4 is 10.1 Å². The predicted octanol–water partition coefficient (Wildman–Crippen LogP) is 2.89. The number of likely N-dealkylation sites (tertiary alicyclic amines) is 1. The molecule has 0 aliphatic carbocycles. The fraction of sp³-hybridized carbons (Fsp3) is 0.529. The van der Waals surface area contributed by atoms with Gasteiger partial charge in [0.1, 0.15) is 12.4 Å². The third-order valence-electron chi connectivity index (χ3n) is 3.92. The fourth-order valence-corrected chi connectivity index (χ4v) is 3.03. The van der Waals surface area contributed by atoms with Crippen molar-refractivity contribution in [3.8, 4) is 18.1 Å². The quantitative estimate of drug-likeness (QED) is 0.798. The zero-order valence-electron chi connectivity index (χ0n) is 12.6. The van der Waals surface area contributed by atoms with Gasteiger partial charge in [-0.3, -0.25) is 0 Å². The molecular weight excluding hydrogens is 328 g/mol. The molecule has 0 saturated carbocycles. The molecule has 1 fully saturated rings. The van der Waals surface area contributed by atoms with E-state index in [0.29, 0.717) is 6.61 Å². The Kier molecular flexibility index (Phi) is 6.56. The minimum absolute atomic E-state index is 0.309. The molecule has 0 amide bonds. The van der Waals surface area contributed by atoms with Crippen LogP contribution in [0.15, 0.2) is 22.7 Å². The molecule has 1 saturated heterocycles. The minimum atomic E-state index is 0.309. The second-order valence-corrected chi connectivity index (χ2v) is 6.54. The number of rotatable bonds is 6. The third kappa shape index (κ3) is 5.35. The Morgan fingerprint density at radius 1 is 1.43 bits per heavy atom. The van der Waals surface area contributed by atoms with Crippen LogP contribution in [0.4, 0.5) is 0 Å². The lowest BCUT2D eigenvalue weighted by Crippen LogP contribution is -2.34. The van der Waals surface area contributed by atoms with Gasteiger partial charge >= 0.3 is 0 Å². The Bertz CT molecular complexity index is 490. The van der Waals surface area contributed by atoms with Crippen molar-refractivity contribution in [2.75, 3.05) is 33.3 Å². The lowest BCUT2D eigenvalue weighted by atomic mass is 9.97. The molecule has 2 rings (SSSR count). The lowest BCUT2D eigenvalue weighted by molar-refractivity contribution is 0.216. The van der Waals surface area contributed by atoms with Crippen LogP contribution in [0.5, 0.6) is 5.75 Å². The molecule has 3 nitrogen and oxygen atoms in total. The van der Waals surface area contributed by atoms with Gasteiger partial charge in [0.15, 0.2) is 0 Å². The summed E-state index contributed by atoms with van der Waals surface area (Å²) in [7, 11) is 2.19. The predicted molar refractivity (Wildman–Crippen MR) is 90.4 cm³/mol. The van der Waals surface area contributed by atoms with E-state index in [9.17, 15) is 0 Å². The SMILES string of the molecule is C#CCOc1ccc(Br)cc1CNCC1CCN(C)CC1. The molecule has 21 heavy (non-hydrogen) atoms. The van der Waals surface area contributed by atoms with Crippen molar-refractivity contribution in [1.82, 2.24) is 10.2 Å². The van der Waals surface area contributed by atoms with Crippen molar-refractivity contribution in [2.24, 2.45) is 5.92 Å². The first-order valence-corrected chi connectivity index (χ1v) is 8.22. The molecule has 1 aliphatic heterocycles. The van der Waals surface area contributed by atoms with Crippen LogP contribution in [0.1, 0.15) is 18.4 Å². The van der Waals surface area contributed by atoms with E-state index in [1.165, 1.54) is 25.9 Å². The van der Waals surface area contributed by atoms with Crippen molar-refractivity contribution >= 4 is 15.9 Å².